The summed E-state index contributed by atoms with van der Waals surface area (Å²) in [5.41, 5.74) is 1.31. The summed E-state index contributed by atoms with van der Waals surface area (Å²) in [5, 5.41) is 8.42. The van der Waals surface area contributed by atoms with E-state index in [1.54, 1.807) is 98.8 Å². The number of esters is 2. The van der Waals surface area contributed by atoms with E-state index in [9.17, 15) is 9.59 Å². The van der Waals surface area contributed by atoms with Gasteiger partial charge in [-0.15, -0.1) is 0 Å². The van der Waals surface area contributed by atoms with Gasteiger partial charge in [-0.3, -0.25) is 0 Å². The van der Waals surface area contributed by atoms with Crippen molar-refractivity contribution in [2.24, 2.45) is 10.3 Å². The molecule has 0 unspecified atom stereocenters. The van der Waals surface area contributed by atoms with Crippen molar-refractivity contribution in [2.75, 3.05) is 41.7 Å². The summed E-state index contributed by atoms with van der Waals surface area (Å²) in [6.45, 7) is 4.09. The number of methoxy groups -OCH3 is 4. The van der Waals surface area contributed by atoms with Crippen LogP contribution >= 0.6 is 23.2 Å². The molecule has 0 aliphatic heterocycles. The zero-order valence-electron chi connectivity index (χ0n) is 28.2. The smallest absolute Gasteiger partial charge is 0.344 e. The van der Waals surface area contributed by atoms with E-state index in [1.165, 1.54) is 28.4 Å². The second kappa shape index (κ2) is 20.1. The van der Waals surface area contributed by atoms with Gasteiger partial charge in [0.05, 0.1) is 49.6 Å². The number of carbonyl (C=O) groups excluding carboxylic acids is 2. The minimum absolute atomic E-state index is 0.105. The number of rotatable bonds is 12. The third kappa shape index (κ3) is 10.3. The lowest BCUT2D eigenvalue weighted by molar-refractivity contribution is 0.0684. The highest BCUT2D eigenvalue weighted by Crippen LogP contribution is 2.37. The Labute approximate surface area is 300 Å². The fourth-order valence-corrected chi connectivity index (χ4v) is 4.61. The van der Waals surface area contributed by atoms with Crippen molar-refractivity contribution in [2.45, 2.75) is 13.8 Å². The minimum Gasteiger partial charge on any atom is -0.496 e. The summed E-state index contributed by atoms with van der Waals surface area (Å²) in [4.78, 5) is 35.0. The van der Waals surface area contributed by atoms with Crippen LogP contribution in [0, 0.1) is 0 Å². The Morgan fingerprint density at radius 2 is 0.900 bits per heavy atom. The molecule has 0 aliphatic carbocycles. The van der Waals surface area contributed by atoms with Crippen LogP contribution < -0.4 is 18.9 Å². The molecule has 0 aliphatic rings. The Hall–Kier alpha value is -5.46. The maximum absolute atomic E-state index is 12.4. The van der Waals surface area contributed by atoms with Crippen LogP contribution in [0.5, 0.6) is 23.0 Å². The molecule has 0 N–H and O–H groups in total. The highest BCUT2D eigenvalue weighted by Gasteiger charge is 2.26. The van der Waals surface area contributed by atoms with Crippen molar-refractivity contribution < 1.29 is 47.7 Å². The van der Waals surface area contributed by atoms with Crippen LogP contribution in [0.25, 0.3) is 0 Å². The number of nitrogens with zero attached hydrogens (tertiary/aromatic N) is 2. The number of carbonyl (C=O) groups is 2. The third-order valence-corrected chi connectivity index (χ3v) is 6.96. The lowest BCUT2D eigenvalue weighted by Gasteiger charge is -2.15. The second-order valence-corrected chi connectivity index (χ2v) is 10.3. The van der Waals surface area contributed by atoms with E-state index in [4.69, 9.17) is 61.3 Å². The van der Waals surface area contributed by atoms with E-state index in [0.29, 0.717) is 32.7 Å². The van der Waals surface area contributed by atoms with E-state index in [2.05, 4.69) is 10.3 Å². The number of hydrogen-bond donors (Lipinski definition) is 0. The quantitative estimate of drug-likeness (QED) is 0.0616. The van der Waals surface area contributed by atoms with Gasteiger partial charge in [0.1, 0.15) is 35.8 Å². The van der Waals surface area contributed by atoms with Crippen molar-refractivity contribution in [1.82, 2.24) is 0 Å². The normalized spacial score (nSPS) is 11.0. The Morgan fingerprint density at radius 3 is 1.20 bits per heavy atom. The summed E-state index contributed by atoms with van der Waals surface area (Å²) in [6.07, 6.45) is 0. The molecule has 0 aromatic heterocycles. The van der Waals surface area contributed by atoms with Crippen LogP contribution in [-0.4, -0.2) is 65.4 Å². The largest absolute Gasteiger partial charge is 0.496 e. The maximum atomic E-state index is 12.4. The van der Waals surface area contributed by atoms with Gasteiger partial charge in [-0.25, -0.2) is 9.59 Å². The first kappa shape index (κ1) is 39.0. The number of oxime groups is 2. The fraction of sp³-hybridized carbons (Fsp3) is 0.222. The zero-order chi connectivity index (χ0) is 36.5. The Kier molecular flexibility index (Phi) is 15.7. The van der Waals surface area contributed by atoms with Crippen molar-refractivity contribution in [3.05, 3.63) is 117 Å². The molecule has 0 heterocycles. The molecule has 264 valence electrons. The third-order valence-electron chi connectivity index (χ3n) is 6.37. The van der Waals surface area contributed by atoms with E-state index in [-0.39, 0.29) is 47.6 Å². The summed E-state index contributed by atoms with van der Waals surface area (Å²) in [5.74, 6) is -0.119. The highest BCUT2D eigenvalue weighted by atomic mass is 35.5. The molecule has 14 heteroatoms. The first-order valence-corrected chi connectivity index (χ1v) is 15.8. The van der Waals surface area contributed by atoms with Crippen LogP contribution in [-0.2, 0) is 19.1 Å². The van der Waals surface area contributed by atoms with Gasteiger partial charge < -0.3 is 38.1 Å². The predicted octanol–water partition coefficient (Wildman–Crippen LogP) is 7.82. The van der Waals surface area contributed by atoms with Gasteiger partial charge in [-0.1, -0.05) is 59.6 Å². The van der Waals surface area contributed by atoms with Crippen molar-refractivity contribution in [1.29, 1.82) is 0 Å². The number of hydrogen-bond acceptors (Lipinski definition) is 12. The lowest BCUT2D eigenvalue weighted by Crippen LogP contribution is -2.16. The molecule has 4 aromatic rings. The topological polar surface area (TPSA) is 133 Å². The molecule has 0 saturated carbocycles. The van der Waals surface area contributed by atoms with Gasteiger partial charge in [0, 0.05) is 0 Å². The molecule has 12 nitrogen and oxygen atoms in total. The van der Waals surface area contributed by atoms with E-state index in [0.717, 1.165) is 0 Å². The van der Waals surface area contributed by atoms with Gasteiger partial charge in [-0.2, -0.15) is 0 Å². The molecule has 0 fully saturated rings. The molecule has 50 heavy (non-hydrogen) atoms. The van der Waals surface area contributed by atoms with Gasteiger partial charge >= 0.3 is 11.9 Å². The van der Waals surface area contributed by atoms with Crippen LogP contribution in [0.15, 0.2) is 95.2 Å². The zero-order valence-corrected chi connectivity index (χ0v) is 29.7. The summed E-state index contributed by atoms with van der Waals surface area (Å²) in [6, 6.07) is 23.5. The second-order valence-electron chi connectivity index (χ2n) is 9.46. The molecule has 0 radical (unpaired) electrons. The molecular weight excluding hydrogens is 691 g/mol. The number of ether oxygens (including phenoxy) is 6. The molecule has 0 amide bonds. The van der Waals surface area contributed by atoms with E-state index < -0.39 is 11.9 Å². The summed E-state index contributed by atoms with van der Waals surface area (Å²) in [7, 11) is 5.84. The van der Waals surface area contributed by atoms with Crippen molar-refractivity contribution in [3.63, 3.8) is 0 Å². The fourth-order valence-electron chi connectivity index (χ4n) is 4.14. The molecule has 0 spiro atoms. The Morgan fingerprint density at radius 1 is 0.540 bits per heavy atom. The average molecular weight is 728 g/mol. The van der Waals surface area contributed by atoms with E-state index >= 15 is 0 Å². The standard InChI is InChI=1S/2C18H18ClNO5/c2*1-4-24-20-17(25-18(21)12-8-6-5-7-9-12)15-14(22-2)11-10-13(19)16(15)23-3/h2*5-11H,4H2,1-3H3/b2*20-17-. The predicted molar refractivity (Wildman–Crippen MR) is 189 cm³/mol. The Bertz CT molecular complexity index is 1650. The lowest BCUT2D eigenvalue weighted by atomic mass is 10.1. The number of benzene rings is 4. The molecule has 4 aromatic carbocycles. The molecule has 0 saturated heterocycles. The molecule has 0 atom stereocenters. The molecule has 0 bridgehead atoms. The first-order chi connectivity index (χ1) is 24.2. The summed E-state index contributed by atoms with van der Waals surface area (Å²) >= 11 is 12.3. The van der Waals surface area contributed by atoms with Crippen molar-refractivity contribution in [3.8, 4) is 23.0 Å². The highest BCUT2D eigenvalue weighted by molar-refractivity contribution is 6.33. The van der Waals surface area contributed by atoms with Crippen LogP contribution in [0.4, 0.5) is 0 Å². The van der Waals surface area contributed by atoms with Crippen LogP contribution in [0.2, 0.25) is 10.0 Å². The maximum Gasteiger partial charge on any atom is 0.344 e. The van der Waals surface area contributed by atoms with Crippen LogP contribution in [0.1, 0.15) is 45.7 Å². The monoisotopic (exact) mass is 726 g/mol. The Balaban J connectivity index is 0.000000270. The molecule has 4 rings (SSSR count). The number of halogens is 2. The van der Waals surface area contributed by atoms with Gasteiger partial charge in [0.2, 0.25) is 0 Å². The summed E-state index contributed by atoms with van der Waals surface area (Å²) < 4.78 is 32.2. The van der Waals surface area contributed by atoms with E-state index in [1.807, 2.05) is 0 Å². The SMILES string of the molecule is CCO/N=C(\OC(=O)c1ccccc1)c1c(OC)ccc(Cl)c1OC.CCO/N=C(\OC(=O)c1ccccc1)c1c(OC)ccc(Cl)c1OC. The van der Waals surface area contributed by atoms with Gasteiger partial charge in [-0.05, 0) is 72.7 Å². The van der Waals surface area contributed by atoms with Crippen molar-refractivity contribution >= 4 is 46.9 Å². The first-order valence-electron chi connectivity index (χ1n) is 15.0. The minimum atomic E-state index is -0.594. The van der Waals surface area contributed by atoms with Crippen LogP contribution in [0.3, 0.4) is 0 Å². The van der Waals surface area contributed by atoms with Gasteiger partial charge in [0.15, 0.2) is 11.5 Å². The molecular formula is C36H36Cl2N2O10. The average Bonchev–Trinajstić information content (AvgIpc) is 3.15. The van der Waals surface area contributed by atoms with Gasteiger partial charge in [0.25, 0.3) is 11.8 Å².